The third-order valence-corrected chi connectivity index (χ3v) is 6.61. The highest BCUT2D eigenvalue weighted by Gasteiger charge is 2.23. The number of halogens is 1. The number of nitrogens with one attached hydrogen (secondary N) is 1. The normalized spacial score (nSPS) is 16.2. The molecule has 0 radical (unpaired) electrons. The topological polar surface area (TPSA) is 55.4 Å². The van der Waals surface area contributed by atoms with Crippen LogP contribution in [0.2, 0.25) is 0 Å². The second kappa shape index (κ2) is 10.1. The fraction of sp³-hybridized carbons (Fsp3) is 0.727. The SMILES string of the molecule is C[C@@H](NS(=O)(=O)CCCCCCC(C)(C)C)c1ccc(F)c(OCC2CC2)c1. The summed E-state index contributed by atoms with van der Waals surface area (Å²) in [5.74, 6) is 0.449. The molecular formula is C22H36FNO3S. The third-order valence-electron chi connectivity index (χ3n) is 5.07. The van der Waals surface area contributed by atoms with Gasteiger partial charge in [-0.3, -0.25) is 0 Å². The highest BCUT2D eigenvalue weighted by Crippen LogP contribution is 2.31. The van der Waals surface area contributed by atoms with Gasteiger partial charge in [0.05, 0.1) is 12.4 Å². The Morgan fingerprint density at radius 2 is 1.86 bits per heavy atom. The maximum absolute atomic E-state index is 13.9. The van der Waals surface area contributed by atoms with Crippen molar-refractivity contribution in [2.24, 2.45) is 11.3 Å². The summed E-state index contributed by atoms with van der Waals surface area (Å²) in [6.07, 6.45) is 7.19. The monoisotopic (exact) mass is 413 g/mol. The van der Waals surface area contributed by atoms with E-state index in [4.69, 9.17) is 4.74 Å². The second-order valence-electron chi connectivity index (χ2n) is 9.33. The highest BCUT2D eigenvalue weighted by atomic mass is 32.2. The van der Waals surface area contributed by atoms with E-state index < -0.39 is 21.9 Å². The molecule has 1 N–H and O–H groups in total. The number of hydrogen-bond acceptors (Lipinski definition) is 3. The van der Waals surface area contributed by atoms with E-state index in [1.54, 1.807) is 19.1 Å². The van der Waals surface area contributed by atoms with Gasteiger partial charge in [-0.15, -0.1) is 0 Å². The van der Waals surface area contributed by atoms with Gasteiger partial charge in [-0.05, 0) is 61.6 Å². The molecular weight excluding hydrogens is 377 g/mol. The fourth-order valence-corrected chi connectivity index (χ4v) is 4.47. The highest BCUT2D eigenvalue weighted by molar-refractivity contribution is 7.89. The first-order valence-corrected chi connectivity index (χ1v) is 12.1. The maximum atomic E-state index is 13.9. The Labute approximate surface area is 170 Å². The van der Waals surface area contributed by atoms with E-state index >= 15 is 0 Å². The lowest BCUT2D eigenvalue weighted by molar-refractivity contribution is 0.285. The number of benzene rings is 1. The zero-order chi connectivity index (χ0) is 20.8. The van der Waals surface area contributed by atoms with Crippen LogP contribution in [0.5, 0.6) is 5.75 Å². The summed E-state index contributed by atoms with van der Waals surface area (Å²) in [5, 5.41) is 0. The average Bonchev–Trinajstić information content (AvgIpc) is 3.40. The molecule has 0 aromatic heterocycles. The minimum atomic E-state index is -3.37. The Morgan fingerprint density at radius 3 is 2.50 bits per heavy atom. The molecule has 160 valence electrons. The average molecular weight is 414 g/mol. The molecule has 0 saturated heterocycles. The lowest BCUT2D eigenvalue weighted by Crippen LogP contribution is -2.29. The minimum absolute atomic E-state index is 0.124. The van der Waals surface area contributed by atoms with E-state index in [1.165, 1.54) is 6.07 Å². The molecule has 1 aliphatic carbocycles. The Morgan fingerprint density at radius 1 is 1.18 bits per heavy atom. The van der Waals surface area contributed by atoms with E-state index in [-0.39, 0.29) is 11.5 Å². The molecule has 1 saturated carbocycles. The van der Waals surface area contributed by atoms with Crippen molar-refractivity contribution >= 4 is 10.0 Å². The molecule has 2 rings (SSSR count). The fourth-order valence-electron chi connectivity index (χ4n) is 3.09. The van der Waals surface area contributed by atoms with Gasteiger partial charge in [0.2, 0.25) is 10.0 Å². The van der Waals surface area contributed by atoms with E-state index in [1.807, 2.05) is 0 Å². The lowest BCUT2D eigenvalue weighted by Gasteiger charge is -2.18. The predicted molar refractivity (Wildman–Crippen MR) is 112 cm³/mol. The number of sulfonamides is 1. The smallest absolute Gasteiger partial charge is 0.212 e. The second-order valence-corrected chi connectivity index (χ2v) is 11.2. The summed E-state index contributed by atoms with van der Waals surface area (Å²) >= 11 is 0. The molecule has 1 fully saturated rings. The lowest BCUT2D eigenvalue weighted by atomic mass is 9.89. The standard InChI is InChI=1S/C22H36FNO3S/c1-17(19-11-12-20(23)21(15-19)27-16-18-9-10-18)24-28(25,26)14-8-6-5-7-13-22(2,3)4/h11-12,15,17-18,24H,5-10,13-14,16H2,1-4H3/t17-/m1/s1. The minimum Gasteiger partial charge on any atom is -0.490 e. The van der Waals surface area contributed by atoms with Crippen molar-refractivity contribution in [1.29, 1.82) is 0 Å². The zero-order valence-corrected chi connectivity index (χ0v) is 18.6. The molecule has 6 heteroatoms. The quantitative estimate of drug-likeness (QED) is 0.454. The molecule has 1 atom stereocenters. The van der Waals surface area contributed by atoms with E-state index in [9.17, 15) is 12.8 Å². The molecule has 0 heterocycles. The van der Waals surface area contributed by atoms with Crippen molar-refractivity contribution in [2.45, 2.75) is 78.7 Å². The van der Waals surface area contributed by atoms with Gasteiger partial charge in [0.25, 0.3) is 0 Å². The molecule has 28 heavy (non-hydrogen) atoms. The molecule has 0 bridgehead atoms. The van der Waals surface area contributed by atoms with Gasteiger partial charge in [0.1, 0.15) is 0 Å². The van der Waals surface area contributed by atoms with Crippen LogP contribution in [0.3, 0.4) is 0 Å². The molecule has 0 aliphatic heterocycles. The molecule has 0 spiro atoms. The molecule has 0 amide bonds. The van der Waals surface area contributed by atoms with Crippen molar-refractivity contribution in [3.8, 4) is 5.75 Å². The molecule has 1 aliphatic rings. The van der Waals surface area contributed by atoms with Gasteiger partial charge in [-0.2, -0.15) is 0 Å². The van der Waals surface area contributed by atoms with Gasteiger partial charge in [0, 0.05) is 6.04 Å². The summed E-state index contributed by atoms with van der Waals surface area (Å²) in [7, 11) is -3.37. The van der Waals surface area contributed by atoms with Gasteiger partial charge >= 0.3 is 0 Å². The first-order chi connectivity index (χ1) is 13.1. The van der Waals surface area contributed by atoms with Crippen LogP contribution in [-0.4, -0.2) is 20.8 Å². The first-order valence-electron chi connectivity index (χ1n) is 10.5. The Kier molecular flexibility index (Phi) is 8.31. The van der Waals surface area contributed by atoms with Crippen molar-refractivity contribution < 1.29 is 17.5 Å². The number of rotatable bonds is 12. The van der Waals surface area contributed by atoms with Crippen molar-refractivity contribution in [3.63, 3.8) is 0 Å². The summed E-state index contributed by atoms with van der Waals surface area (Å²) in [4.78, 5) is 0. The van der Waals surface area contributed by atoms with E-state index in [2.05, 4.69) is 25.5 Å². The Bertz CT molecular complexity index is 724. The molecule has 4 nitrogen and oxygen atoms in total. The van der Waals surface area contributed by atoms with Crippen molar-refractivity contribution in [3.05, 3.63) is 29.6 Å². The van der Waals surface area contributed by atoms with Crippen LogP contribution in [0.4, 0.5) is 4.39 Å². The van der Waals surface area contributed by atoms with Crippen LogP contribution in [0, 0.1) is 17.2 Å². The summed E-state index contributed by atoms with van der Waals surface area (Å²) < 4.78 is 46.9. The maximum Gasteiger partial charge on any atom is 0.212 e. The largest absolute Gasteiger partial charge is 0.490 e. The summed E-state index contributed by atoms with van der Waals surface area (Å²) in [5.41, 5.74) is 1.04. The van der Waals surface area contributed by atoms with E-state index in [0.29, 0.717) is 29.9 Å². The Balaban J connectivity index is 1.78. The van der Waals surface area contributed by atoms with Crippen LogP contribution in [0.1, 0.15) is 84.2 Å². The van der Waals surface area contributed by atoms with Crippen molar-refractivity contribution in [2.75, 3.05) is 12.4 Å². The van der Waals surface area contributed by atoms with E-state index in [0.717, 1.165) is 38.5 Å². The van der Waals surface area contributed by atoms with Gasteiger partial charge < -0.3 is 4.74 Å². The zero-order valence-electron chi connectivity index (χ0n) is 17.8. The van der Waals surface area contributed by atoms with Crippen LogP contribution in [0.15, 0.2) is 18.2 Å². The summed E-state index contributed by atoms with van der Waals surface area (Å²) in [6.45, 7) is 8.97. The van der Waals surface area contributed by atoms with Gasteiger partial charge in [0.15, 0.2) is 11.6 Å². The molecule has 1 aromatic carbocycles. The van der Waals surface area contributed by atoms with Crippen molar-refractivity contribution in [1.82, 2.24) is 4.72 Å². The van der Waals surface area contributed by atoms with Crippen LogP contribution < -0.4 is 9.46 Å². The van der Waals surface area contributed by atoms with Gasteiger partial charge in [-0.25, -0.2) is 17.5 Å². The van der Waals surface area contributed by atoms with Crippen LogP contribution in [-0.2, 0) is 10.0 Å². The van der Waals surface area contributed by atoms with Crippen LogP contribution >= 0.6 is 0 Å². The first kappa shape index (κ1) is 23.1. The predicted octanol–water partition coefficient (Wildman–Crippen LogP) is 5.59. The number of ether oxygens (including phenoxy) is 1. The Hall–Kier alpha value is -1.14. The molecule has 0 unspecified atom stereocenters. The third kappa shape index (κ3) is 8.91. The van der Waals surface area contributed by atoms with Gasteiger partial charge in [-0.1, -0.05) is 46.1 Å². The van der Waals surface area contributed by atoms with Crippen LogP contribution in [0.25, 0.3) is 0 Å². The molecule has 1 aromatic rings. The number of unbranched alkanes of at least 4 members (excludes halogenated alkanes) is 3. The summed E-state index contributed by atoms with van der Waals surface area (Å²) in [6, 6.07) is 4.14. The number of hydrogen-bond donors (Lipinski definition) is 1.